The van der Waals surface area contributed by atoms with Crippen molar-refractivity contribution in [3.63, 3.8) is 0 Å². The summed E-state index contributed by atoms with van der Waals surface area (Å²) in [5.41, 5.74) is 5.19. The molecule has 7 nitrogen and oxygen atoms in total. The van der Waals surface area contributed by atoms with Crippen LogP contribution in [0.2, 0.25) is 0 Å². The van der Waals surface area contributed by atoms with Crippen LogP contribution in [0.5, 0.6) is 0 Å². The fourth-order valence-corrected chi connectivity index (χ4v) is 6.84. The number of rotatable bonds is 11. The maximum atomic E-state index is 14.7. The summed E-state index contributed by atoms with van der Waals surface area (Å²) < 4.78 is 29.8. The predicted molar refractivity (Wildman–Crippen MR) is 185 cm³/mol. The molecule has 4 aromatic carbocycles. The van der Waals surface area contributed by atoms with Crippen molar-refractivity contribution in [3.8, 4) is 0 Å². The molecule has 0 aliphatic rings. The minimum absolute atomic E-state index is 0.0864. The molecule has 0 spiro atoms. The van der Waals surface area contributed by atoms with Crippen LogP contribution >= 0.6 is 0 Å². The molecule has 0 fully saturated rings. The second-order valence-electron chi connectivity index (χ2n) is 13.0. The van der Waals surface area contributed by atoms with Gasteiger partial charge in [-0.2, -0.15) is 0 Å². The third-order valence-electron chi connectivity index (χ3n) is 7.94. The third kappa shape index (κ3) is 8.63. The zero-order valence-corrected chi connectivity index (χ0v) is 28.7. The first-order valence-corrected chi connectivity index (χ1v) is 17.0. The molecular weight excluding hydrogens is 595 g/mol. The molecule has 8 heteroatoms. The van der Waals surface area contributed by atoms with E-state index in [1.54, 1.807) is 36.4 Å². The van der Waals surface area contributed by atoms with E-state index in [1.165, 1.54) is 9.21 Å². The molecule has 0 aliphatic carbocycles. The zero-order chi connectivity index (χ0) is 33.6. The largest absolute Gasteiger partial charge is 0.350 e. The second-order valence-corrected chi connectivity index (χ2v) is 14.9. The minimum atomic E-state index is -4.17. The Kier molecular flexibility index (Phi) is 10.7. The van der Waals surface area contributed by atoms with Crippen molar-refractivity contribution in [1.82, 2.24) is 10.2 Å². The third-order valence-corrected chi connectivity index (χ3v) is 9.71. The van der Waals surface area contributed by atoms with Gasteiger partial charge in [-0.15, -0.1) is 0 Å². The Labute approximate surface area is 274 Å². The van der Waals surface area contributed by atoms with Crippen LogP contribution in [-0.2, 0) is 32.6 Å². The topological polar surface area (TPSA) is 86.8 Å². The summed E-state index contributed by atoms with van der Waals surface area (Å²) in [5.74, 6) is -0.792. The summed E-state index contributed by atoms with van der Waals surface area (Å²) in [7, 11) is -4.17. The van der Waals surface area contributed by atoms with Gasteiger partial charge in [-0.3, -0.25) is 13.9 Å². The standard InChI is InChI=1S/C38H45N3O4S/c1-27-19-21-33(22-20-27)46(44,45)41(34-18-12-14-29(3)30(34)4)26-36(42)40(25-32-17-11-13-28(2)23-32)35(37(43)39-38(5,6)7)24-31-15-9-8-10-16-31/h8-23,35H,24-26H2,1-7H3,(H,39,43)/t35-/m1/s1. The molecule has 0 unspecified atom stereocenters. The number of sulfonamides is 1. The lowest BCUT2D eigenvalue weighted by Crippen LogP contribution is -2.56. The summed E-state index contributed by atoms with van der Waals surface area (Å²) in [6.07, 6.45) is 0.258. The van der Waals surface area contributed by atoms with Crippen LogP contribution in [-0.4, -0.2) is 43.3 Å². The summed E-state index contributed by atoms with van der Waals surface area (Å²) in [6.45, 7) is 13.0. The normalized spacial score (nSPS) is 12.3. The second kappa shape index (κ2) is 14.3. The first-order chi connectivity index (χ1) is 21.7. The number of hydrogen-bond donors (Lipinski definition) is 1. The van der Waals surface area contributed by atoms with E-state index in [0.29, 0.717) is 5.69 Å². The van der Waals surface area contributed by atoms with Gasteiger partial charge in [-0.1, -0.05) is 90.0 Å². The number of anilines is 1. The van der Waals surface area contributed by atoms with Crippen LogP contribution < -0.4 is 9.62 Å². The molecule has 0 saturated heterocycles. The SMILES string of the molecule is Cc1ccc(S(=O)(=O)N(CC(=O)N(Cc2cccc(C)c2)[C@H](Cc2ccccc2)C(=O)NC(C)(C)C)c2cccc(C)c2C)cc1. The number of nitrogens with zero attached hydrogens (tertiary/aromatic N) is 2. The molecule has 242 valence electrons. The fourth-order valence-electron chi connectivity index (χ4n) is 5.37. The van der Waals surface area contributed by atoms with Gasteiger partial charge in [-0.05, 0) is 88.9 Å². The summed E-state index contributed by atoms with van der Waals surface area (Å²) in [6, 6.07) is 28.5. The monoisotopic (exact) mass is 639 g/mol. The molecule has 4 aromatic rings. The van der Waals surface area contributed by atoms with Crippen LogP contribution in [0, 0.1) is 27.7 Å². The van der Waals surface area contributed by atoms with E-state index in [2.05, 4.69) is 5.32 Å². The highest BCUT2D eigenvalue weighted by molar-refractivity contribution is 7.92. The van der Waals surface area contributed by atoms with Crippen molar-refractivity contribution in [2.45, 2.75) is 77.9 Å². The average molecular weight is 640 g/mol. The molecule has 2 amide bonds. The molecule has 0 radical (unpaired) electrons. The van der Waals surface area contributed by atoms with Gasteiger partial charge in [0.1, 0.15) is 12.6 Å². The molecule has 0 bridgehead atoms. The number of carbonyl (C=O) groups excluding carboxylic acids is 2. The van der Waals surface area contributed by atoms with Crippen LogP contribution in [0.25, 0.3) is 0 Å². The highest BCUT2D eigenvalue weighted by Gasteiger charge is 2.36. The van der Waals surface area contributed by atoms with Crippen LogP contribution in [0.3, 0.4) is 0 Å². The molecule has 4 rings (SSSR count). The van der Waals surface area contributed by atoms with Gasteiger partial charge in [-0.25, -0.2) is 8.42 Å². The van der Waals surface area contributed by atoms with Crippen molar-refractivity contribution in [2.75, 3.05) is 10.8 Å². The first-order valence-electron chi connectivity index (χ1n) is 15.5. The highest BCUT2D eigenvalue weighted by atomic mass is 32.2. The first kappa shape index (κ1) is 34.4. The molecule has 1 atom stereocenters. The Morgan fingerprint density at radius 2 is 1.39 bits per heavy atom. The maximum Gasteiger partial charge on any atom is 0.264 e. The van der Waals surface area contributed by atoms with Gasteiger partial charge >= 0.3 is 0 Å². The van der Waals surface area contributed by atoms with Crippen molar-refractivity contribution >= 4 is 27.5 Å². The average Bonchev–Trinajstić information content (AvgIpc) is 2.99. The number of hydrogen-bond acceptors (Lipinski definition) is 4. The molecule has 0 aliphatic heterocycles. The maximum absolute atomic E-state index is 14.7. The molecule has 0 heterocycles. The minimum Gasteiger partial charge on any atom is -0.350 e. The fraction of sp³-hybridized carbons (Fsp3) is 0.316. The Morgan fingerprint density at radius 1 is 0.761 bits per heavy atom. The van der Waals surface area contributed by atoms with Gasteiger partial charge in [0.15, 0.2) is 0 Å². The number of amides is 2. The molecule has 46 heavy (non-hydrogen) atoms. The summed E-state index contributed by atoms with van der Waals surface area (Å²) in [4.78, 5) is 30.3. The zero-order valence-electron chi connectivity index (χ0n) is 27.9. The van der Waals surface area contributed by atoms with Crippen molar-refractivity contribution in [1.29, 1.82) is 0 Å². The van der Waals surface area contributed by atoms with E-state index in [4.69, 9.17) is 0 Å². The van der Waals surface area contributed by atoms with E-state index in [0.717, 1.165) is 33.4 Å². The smallest absolute Gasteiger partial charge is 0.264 e. The number of benzene rings is 4. The highest BCUT2D eigenvalue weighted by Crippen LogP contribution is 2.29. The van der Waals surface area contributed by atoms with Crippen LogP contribution in [0.1, 0.15) is 54.2 Å². The van der Waals surface area contributed by atoms with Gasteiger partial charge < -0.3 is 10.2 Å². The van der Waals surface area contributed by atoms with Crippen molar-refractivity contribution < 1.29 is 18.0 Å². The number of carbonyl (C=O) groups is 2. The molecule has 1 N–H and O–H groups in total. The van der Waals surface area contributed by atoms with Crippen LogP contribution in [0.15, 0.2) is 102 Å². The van der Waals surface area contributed by atoms with E-state index < -0.39 is 34.1 Å². The molecule has 0 aromatic heterocycles. The van der Waals surface area contributed by atoms with Gasteiger partial charge in [0.05, 0.1) is 10.6 Å². The molecule has 0 saturated carbocycles. The van der Waals surface area contributed by atoms with Gasteiger partial charge in [0.25, 0.3) is 10.0 Å². The van der Waals surface area contributed by atoms with Gasteiger partial charge in [0.2, 0.25) is 11.8 Å². The van der Waals surface area contributed by atoms with Crippen molar-refractivity contribution in [2.24, 2.45) is 0 Å². The van der Waals surface area contributed by atoms with Crippen molar-refractivity contribution in [3.05, 3.63) is 130 Å². The number of aryl methyl sites for hydroxylation is 3. The van der Waals surface area contributed by atoms with E-state index in [-0.39, 0.29) is 23.8 Å². The summed E-state index contributed by atoms with van der Waals surface area (Å²) >= 11 is 0. The Morgan fingerprint density at radius 3 is 2.02 bits per heavy atom. The lowest BCUT2D eigenvalue weighted by molar-refractivity contribution is -0.140. The quantitative estimate of drug-likeness (QED) is 0.199. The lowest BCUT2D eigenvalue weighted by Gasteiger charge is -2.35. The summed E-state index contributed by atoms with van der Waals surface area (Å²) in [5, 5.41) is 3.07. The number of nitrogens with one attached hydrogen (secondary N) is 1. The van der Waals surface area contributed by atoms with E-state index in [9.17, 15) is 18.0 Å². The Bertz CT molecular complexity index is 1780. The molecular formula is C38H45N3O4S. The Balaban J connectivity index is 1.85. The van der Waals surface area contributed by atoms with E-state index in [1.807, 2.05) is 109 Å². The van der Waals surface area contributed by atoms with Gasteiger partial charge in [0, 0.05) is 18.5 Å². The van der Waals surface area contributed by atoms with Crippen LogP contribution in [0.4, 0.5) is 5.69 Å². The Hall–Kier alpha value is -4.43. The lowest BCUT2D eigenvalue weighted by atomic mass is 10.0. The van der Waals surface area contributed by atoms with E-state index >= 15 is 0 Å². The predicted octanol–water partition coefficient (Wildman–Crippen LogP) is 6.67.